The van der Waals surface area contributed by atoms with Crippen LogP contribution in [0.4, 0.5) is 0 Å². The highest BCUT2D eigenvalue weighted by atomic mass is 32.2. The van der Waals surface area contributed by atoms with Crippen molar-refractivity contribution in [3.63, 3.8) is 0 Å². The lowest BCUT2D eigenvalue weighted by Gasteiger charge is -2.37. The molecule has 3 rings (SSSR count). The summed E-state index contributed by atoms with van der Waals surface area (Å²) in [5.41, 5.74) is 1.17. The average molecular weight is 486 g/mol. The van der Waals surface area contributed by atoms with Gasteiger partial charge in [0, 0.05) is 43.7 Å². The summed E-state index contributed by atoms with van der Waals surface area (Å²) < 4.78 is 34.6. The van der Waals surface area contributed by atoms with Gasteiger partial charge >= 0.3 is 0 Å². The van der Waals surface area contributed by atoms with E-state index in [-0.39, 0.29) is 35.6 Å². The molecule has 8 nitrogen and oxygen atoms in total. The molecule has 2 aromatic rings. The lowest BCUT2D eigenvalue weighted by atomic mass is 10.0. The Hall–Kier alpha value is -2.93. The van der Waals surface area contributed by atoms with Crippen LogP contribution in [-0.4, -0.2) is 72.5 Å². The van der Waals surface area contributed by atoms with Crippen molar-refractivity contribution in [3.8, 4) is 17.6 Å². The molecule has 182 valence electrons. The second-order valence-corrected chi connectivity index (χ2v) is 10.4. The second-order valence-electron chi connectivity index (χ2n) is 8.49. The van der Waals surface area contributed by atoms with E-state index in [9.17, 15) is 18.3 Å². The number of nitrogens with zero attached hydrogens (tertiary/aromatic N) is 3. The third kappa shape index (κ3) is 5.76. The van der Waals surface area contributed by atoms with Crippen LogP contribution in [0.25, 0.3) is 0 Å². The van der Waals surface area contributed by atoms with Gasteiger partial charge in [0.15, 0.2) is 0 Å². The Kier molecular flexibility index (Phi) is 8.31. The smallest absolute Gasteiger partial charge is 0.247 e. The number of ether oxygens (including phenoxy) is 1. The molecule has 0 saturated heterocycles. The standard InChI is InChI=1S/C25H31N3O5S/c1-5-25(30)27(4)16-23-18(2)15-28(19(3)17-29)34(31,32)24-12-10-20(14-22(24)33-23)9-11-21-8-6-7-13-26-21/h6-8,10,12-14,18-19,23,29H,5,15-17H2,1-4H3/t18-,19+,23-/m1/s1. The highest BCUT2D eigenvalue weighted by Crippen LogP contribution is 2.34. The van der Waals surface area contributed by atoms with Crippen LogP contribution in [0.5, 0.6) is 5.75 Å². The van der Waals surface area contributed by atoms with E-state index in [1.165, 1.54) is 10.4 Å². The molecule has 1 N–H and O–H groups in total. The summed E-state index contributed by atoms with van der Waals surface area (Å²) in [6.07, 6.45) is 1.56. The van der Waals surface area contributed by atoms with Crippen molar-refractivity contribution in [2.75, 3.05) is 26.7 Å². The lowest BCUT2D eigenvalue weighted by molar-refractivity contribution is -0.131. The molecule has 0 unspecified atom stereocenters. The average Bonchev–Trinajstić information content (AvgIpc) is 2.84. The van der Waals surface area contributed by atoms with E-state index >= 15 is 0 Å². The summed E-state index contributed by atoms with van der Waals surface area (Å²) in [6, 6.07) is 9.53. The summed E-state index contributed by atoms with van der Waals surface area (Å²) in [6.45, 7) is 5.50. The van der Waals surface area contributed by atoms with Gasteiger partial charge in [-0.05, 0) is 43.2 Å². The van der Waals surface area contributed by atoms with Crippen LogP contribution >= 0.6 is 0 Å². The van der Waals surface area contributed by atoms with Gasteiger partial charge in [-0.2, -0.15) is 4.31 Å². The SMILES string of the molecule is CCC(=O)N(C)C[C@H]1Oc2cc(C#Cc3ccccn3)ccc2S(=O)(=O)N([C@@H](C)CO)C[C@H]1C. The van der Waals surface area contributed by atoms with Crippen molar-refractivity contribution in [2.45, 2.75) is 44.2 Å². The topological polar surface area (TPSA) is 100 Å². The molecule has 0 bridgehead atoms. The fourth-order valence-electron chi connectivity index (χ4n) is 3.74. The molecule has 1 amide bonds. The minimum Gasteiger partial charge on any atom is -0.487 e. The molecule has 0 fully saturated rings. The number of aromatic nitrogens is 1. The molecule has 1 aliphatic heterocycles. The van der Waals surface area contributed by atoms with E-state index in [1.807, 2.05) is 13.0 Å². The van der Waals surface area contributed by atoms with Crippen LogP contribution < -0.4 is 4.74 Å². The molecule has 1 aliphatic rings. The number of hydrogen-bond donors (Lipinski definition) is 1. The molecular formula is C25H31N3O5S. The Bertz CT molecular complexity index is 1170. The molecule has 34 heavy (non-hydrogen) atoms. The highest BCUT2D eigenvalue weighted by Gasteiger charge is 2.38. The first-order chi connectivity index (χ1) is 16.2. The monoisotopic (exact) mass is 485 g/mol. The van der Waals surface area contributed by atoms with Crippen LogP contribution in [0, 0.1) is 17.8 Å². The van der Waals surface area contributed by atoms with Crippen LogP contribution in [0.1, 0.15) is 38.4 Å². The van der Waals surface area contributed by atoms with Crippen LogP contribution in [0.2, 0.25) is 0 Å². The molecule has 0 aliphatic carbocycles. The fraction of sp³-hybridized carbons (Fsp3) is 0.440. The lowest BCUT2D eigenvalue weighted by Crippen LogP contribution is -2.50. The Morgan fingerprint density at radius 1 is 1.32 bits per heavy atom. The van der Waals surface area contributed by atoms with Gasteiger partial charge in [-0.15, -0.1) is 0 Å². The third-order valence-electron chi connectivity index (χ3n) is 5.85. The normalized spacial score (nSPS) is 20.5. The van der Waals surface area contributed by atoms with Gasteiger partial charge in [-0.1, -0.05) is 25.8 Å². The number of sulfonamides is 1. The summed E-state index contributed by atoms with van der Waals surface area (Å²) in [5.74, 6) is 5.88. The second kappa shape index (κ2) is 11.0. The summed E-state index contributed by atoms with van der Waals surface area (Å²) >= 11 is 0. The number of amides is 1. The summed E-state index contributed by atoms with van der Waals surface area (Å²) in [7, 11) is -2.23. The number of pyridine rings is 1. The van der Waals surface area contributed by atoms with Crippen LogP contribution in [0.15, 0.2) is 47.5 Å². The first-order valence-corrected chi connectivity index (χ1v) is 12.7. The zero-order valence-electron chi connectivity index (χ0n) is 19.9. The number of rotatable bonds is 5. The minimum atomic E-state index is -3.94. The van der Waals surface area contributed by atoms with Crippen molar-refractivity contribution in [2.24, 2.45) is 5.92 Å². The molecule has 1 aromatic heterocycles. The number of hydrogen-bond acceptors (Lipinski definition) is 6. The highest BCUT2D eigenvalue weighted by molar-refractivity contribution is 7.89. The molecular weight excluding hydrogens is 454 g/mol. The van der Waals surface area contributed by atoms with E-state index in [0.717, 1.165) is 0 Å². The van der Waals surface area contributed by atoms with Gasteiger partial charge in [0.05, 0.1) is 13.2 Å². The first kappa shape index (κ1) is 25.7. The van der Waals surface area contributed by atoms with E-state index in [1.54, 1.807) is 56.3 Å². The van der Waals surface area contributed by atoms with Crippen LogP contribution in [0.3, 0.4) is 0 Å². The van der Waals surface area contributed by atoms with E-state index in [4.69, 9.17) is 4.74 Å². The first-order valence-electron chi connectivity index (χ1n) is 11.3. The van der Waals surface area contributed by atoms with Gasteiger partial charge in [-0.25, -0.2) is 13.4 Å². The molecule has 0 spiro atoms. The number of fused-ring (bicyclic) bond motifs is 1. The number of carbonyl (C=O) groups is 1. The predicted octanol–water partition coefficient (Wildman–Crippen LogP) is 2.12. The molecule has 0 saturated carbocycles. The van der Waals surface area contributed by atoms with Gasteiger partial charge < -0.3 is 14.7 Å². The molecule has 1 aromatic carbocycles. The van der Waals surface area contributed by atoms with Gasteiger partial charge in [0.25, 0.3) is 0 Å². The number of aliphatic hydroxyl groups is 1. The van der Waals surface area contributed by atoms with Gasteiger partial charge in [0.1, 0.15) is 22.4 Å². The predicted molar refractivity (Wildman–Crippen MR) is 129 cm³/mol. The maximum absolute atomic E-state index is 13.5. The Labute approximate surface area is 201 Å². The largest absolute Gasteiger partial charge is 0.487 e. The maximum Gasteiger partial charge on any atom is 0.247 e. The Morgan fingerprint density at radius 2 is 2.09 bits per heavy atom. The van der Waals surface area contributed by atoms with E-state index in [2.05, 4.69) is 16.8 Å². The van der Waals surface area contributed by atoms with Crippen molar-refractivity contribution >= 4 is 15.9 Å². The fourth-order valence-corrected chi connectivity index (χ4v) is 5.56. The maximum atomic E-state index is 13.5. The quantitative estimate of drug-likeness (QED) is 0.652. The molecule has 2 heterocycles. The van der Waals surface area contributed by atoms with E-state index in [0.29, 0.717) is 24.2 Å². The minimum absolute atomic E-state index is 0.0116. The Balaban J connectivity index is 2.06. The van der Waals surface area contributed by atoms with Crippen LogP contribution in [-0.2, 0) is 14.8 Å². The Morgan fingerprint density at radius 3 is 2.74 bits per heavy atom. The third-order valence-corrected chi connectivity index (χ3v) is 7.87. The number of aliphatic hydroxyl groups excluding tert-OH is 1. The number of carbonyl (C=O) groups excluding carboxylic acids is 1. The van der Waals surface area contributed by atoms with E-state index < -0.39 is 22.2 Å². The zero-order chi connectivity index (χ0) is 24.9. The van der Waals surface area contributed by atoms with Crippen molar-refractivity contribution in [1.29, 1.82) is 0 Å². The summed E-state index contributed by atoms with van der Waals surface area (Å²) in [4.78, 5) is 18.0. The van der Waals surface area contributed by atoms with Gasteiger partial charge in [-0.3, -0.25) is 4.79 Å². The van der Waals surface area contributed by atoms with Crippen molar-refractivity contribution in [1.82, 2.24) is 14.2 Å². The number of likely N-dealkylation sites (N-methyl/N-ethyl adjacent to an activating group) is 1. The number of benzene rings is 1. The van der Waals surface area contributed by atoms with Crippen molar-refractivity contribution in [3.05, 3.63) is 53.9 Å². The van der Waals surface area contributed by atoms with Crippen molar-refractivity contribution < 1.29 is 23.1 Å². The zero-order valence-corrected chi connectivity index (χ0v) is 20.7. The summed E-state index contributed by atoms with van der Waals surface area (Å²) in [5, 5.41) is 9.74. The molecule has 9 heteroatoms. The molecule has 3 atom stereocenters. The molecule has 0 radical (unpaired) electrons. The van der Waals surface area contributed by atoms with Gasteiger partial charge in [0.2, 0.25) is 15.9 Å².